The zero-order valence-corrected chi connectivity index (χ0v) is 14.8. The molecule has 8 heteroatoms. The Bertz CT molecular complexity index is 899. The second kappa shape index (κ2) is 6.99. The van der Waals surface area contributed by atoms with Gasteiger partial charge in [0.25, 0.3) is 0 Å². The van der Waals surface area contributed by atoms with Crippen LogP contribution >= 0.6 is 0 Å². The van der Waals surface area contributed by atoms with E-state index in [9.17, 15) is 0 Å². The van der Waals surface area contributed by atoms with Gasteiger partial charge in [-0.2, -0.15) is 0 Å². The van der Waals surface area contributed by atoms with Gasteiger partial charge in [-0.25, -0.2) is 29.9 Å². The molecule has 0 aliphatic carbocycles. The van der Waals surface area contributed by atoms with Crippen LogP contribution in [0.25, 0.3) is 0 Å². The van der Waals surface area contributed by atoms with Crippen molar-refractivity contribution in [2.75, 3.05) is 16.8 Å². The lowest BCUT2D eigenvalue weighted by atomic mass is 10.1. The standard InChI is InChI=1S/C18H20N8/c1-12-9-17(22-11-21-12)26-8-3-5-15(26)14-10-16(24-13(2)23-14)25-18-19-6-4-7-20-18/h4,6-7,9-11,15H,3,5,8H2,1-2H3,(H,19,20,23,24,25)/t15-/m1/s1. The van der Waals surface area contributed by atoms with E-state index in [1.54, 1.807) is 24.8 Å². The van der Waals surface area contributed by atoms with Crippen LogP contribution in [-0.2, 0) is 0 Å². The van der Waals surface area contributed by atoms with E-state index in [4.69, 9.17) is 0 Å². The second-order valence-electron chi connectivity index (χ2n) is 6.29. The summed E-state index contributed by atoms with van der Waals surface area (Å²) in [6.45, 7) is 4.83. The van der Waals surface area contributed by atoms with Gasteiger partial charge in [-0.05, 0) is 32.8 Å². The Kier molecular flexibility index (Phi) is 4.39. The van der Waals surface area contributed by atoms with Crippen molar-refractivity contribution in [3.8, 4) is 0 Å². The van der Waals surface area contributed by atoms with Gasteiger partial charge >= 0.3 is 0 Å². The molecule has 1 N–H and O–H groups in total. The Labute approximate surface area is 151 Å². The first-order valence-corrected chi connectivity index (χ1v) is 8.64. The molecular formula is C18H20N8. The summed E-state index contributed by atoms with van der Waals surface area (Å²) in [4.78, 5) is 28.5. The van der Waals surface area contributed by atoms with Crippen molar-refractivity contribution < 1.29 is 0 Å². The summed E-state index contributed by atoms with van der Waals surface area (Å²) in [5.74, 6) is 2.87. The van der Waals surface area contributed by atoms with E-state index >= 15 is 0 Å². The minimum atomic E-state index is 0.170. The minimum absolute atomic E-state index is 0.170. The molecule has 0 radical (unpaired) electrons. The number of hydrogen-bond donors (Lipinski definition) is 1. The van der Waals surface area contributed by atoms with Gasteiger partial charge in [0.1, 0.15) is 23.8 Å². The molecule has 0 bridgehead atoms. The minimum Gasteiger partial charge on any atom is -0.348 e. The maximum Gasteiger partial charge on any atom is 0.228 e. The van der Waals surface area contributed by atoms with Gasteiger partial charge in [0, 0.05) is 36.8 Å². The van der Waals surface area contributed by atoms with Crippen molar-refractivity contribution in [2.45, 2.75) is 32.7 Å². The van der Waals surface area contributed by atoms with Crippen LogP contribution in [0, 0.1) is 13.8 Å². The van der Waals surface area contributed by atoms with E-state index in [-0.39, 0.29) is 6.04 Å². The number of rotatable bonds is 4. The molecule has 1 aliphatic heterocycles. The fraction of sp³-hybridized carbons (Fsp3) is 0.333. The van der Waals surface area contributed by atoms with E-state index in [0.29, 0.717) is 17.6 Å². The van der Waals surface area contributed by atoms with E-state index < -0.39 is 0 Å². The Morgan fingerprint density at radius 2 is 1.88 bits per heavy atom. The van der Waals surface area contributed by atoms with Crippen LogP contribution in [-0.4, -0.2) is 36.4 Å². The highest BCUT2D eigenvalue weighted by Crippen LogP contribution is 2.35. The third kappa shape index (κ3) is 3.44. The molecule has 1 saturated heterocycles. The zero-order chi connectivity index (χ0) is 17.9. The molecule has 3 aromatic heterocycles. The van der Waals surface area contributed by atoms with Crippen molar-refractivity contribution in [3.05, 3.63) is 54.1 Å². The molecule has 0 aromatic carbocycles. The SMILES string of the molecule is Cc1cc(N2CCC[C@@H]2c2cc(Nc3ncccn3)nc(C)n2)ncn1. The van der Waals surface area contributed by atoms with E-state index in [1.165, 1.54) is 0 Å². The number of aromatic nitrogens is 6. The third-order valence-electron chi connectivity index (χ3n) is 4.34. The zero-order valence-electron chi connectivity index (χ0n) is 14.8. The lowest BCUT2D eigenvalue weighted by Gasteiger charge is -2.25. The average molecular weight is 348 g/mol. The molecule has 4 rings (SSSR count). The monoisotopic (exact) mass is 348 g/mol. The summed E-state index contributed by atoms with van der Waals surface area (Å²) in [5.41, 5.74) is 1.94. The Balaban J connectivity index is 1.64. The molecule has 132 valence electrons. The number of nitrogens with zero attached hydrogens (tertiary/aromatic N) is 7. The molecule has 0 unspecified atom stereocenters. The van der Waals surface area contributed by atoms with Gasteiger partial charge in [0.2, 0.25) is 5.95 Å². The Hall–Kier alpha value is -3.16. The first-order chi connectivity index (χ1) is 12.7. The topological polar surface area (TPSA) is 92.6 Å². The van der Waals surface area contributed by atoms with Gasteiger partial charge in [-0.1, -0.05) is 0 Å². The highest BCUT2D eigenvalue weighted by molar-refractivity contribution is 5.50. The molecule has 1 fully saturated rings. The van der Waals surface area contributed by atoms with Gasteiger partial charge in [-0.3, -0.25) is 0 Å². The molecule has 8 nitrogen and oxygen atoms in total. The number of anilines is 3. The van der Waals surface area contributed by atoms with Crippen molar-refractivity contribution >= 4 is 17.6 Å². The summed E-state index contributed by atoms with van der Waals surface area (Å²) in [7, 11) is 0. The fourth-order valence-corrected chi connectivity index (χ4v) is 3.25. The van der Waals surface area contributed by atoms with E-state index in [1.807, 2.05) is 26.0 Å². The van der Waals surface area contributed by atoms with Crippen molar-refractivity contribution in [1.29, 1.82) is 0 Å². The Morgan fingerprint density at radius 1 is 1.04 bits per heavy atom. The maximum atomic E-state index is 4.68. The van der Waals surface area contributed by atoms with Crippen LogP contribution in [0.1, 0.15) is 36.1 Å². The smallest absolute Gasteiger partial charge is 0.228 e. The van der Waals surface area contributed by atoms with Crippen molar-refractivity contribution in [2.24, 2.45) is 0 Å². The normalized spacial score (nSPS) is 16.7. The summed E-state index contributed by atoms with van der Waals surface area (Å²) in [5, 5.41) is 3.15. The summed E-state index contributed by atoms with van der Waals surface area (Å²) in [6.07, 6.45) is 7.13. The van der Waals surface area contributed by atoms with Crippen molar-refractivity contribution in [1.82, 2.24) is 29.9 Å². The van der Waals surface area contributed by atoms with Crippen LogP contribution in [0.3, 0.4) is 0 Å². The highest BCUT2D eigenvalue weighted by Gasteiger charge is 2.29. The van der Waals surface area contributed by atoms with Crippen LogP contribution < -0.4 is 10.2 Å². The summed E-state index contributed by atoms with van der Waals surface area (Å²) in [6, 6.07) is 5.94. The van der Waals surface area contributed by atoms with Crippen LogP contribution in [0.15, 0.2) is 36.9 Å². The molecule has 1 aliphatic rings. The number of aryl methyl sites for hydroxylation is 2. The van der Waals surface area contributed by atoms with Crippen LogP contribution in [0.5, 0.6) is 0 Å². The molecular weight excluding hydrogens is 328 g/mol. The Morgan fingerprint density at radius 3 is 2.69 bits per heavy atom. The quantitative estimate of drug-likeness (QED) is 0.769. The van der Waals surface area contributed by atoms with E-state index in [0.717, 1.165) is 36.6 Å². The first kappa shape index (κ1) is 16.3. The van der Waals surface area contributed by atoms with Crippen LogP contribution in [0.2, 0.25) is 0 Å². The van der Waals surface area contributed by atoms with Gasteiger partial charge < -0.3 is 10.2 Å². The predicted octanol–water partition coefficient (Wildman–Crippen LogP) is 2.76. The summed E-state index contributed by atoms with van der Waals surface area (Å²) >= 11 is 0. The summed E-state index contributed by atoms with van der Waals surface area (Å²) < 4.78 is 0. The lowest BCUT2D eigenvalue weighted by molar-refractivity contribution is 0.679. The largest absolute Gasteiger partial charge is 0.348 e. The van der Waals surface area contributed by atoms with Gasteiger partial charge in [0.05, 0.1) is 11.7 Å². The molecule has 0 saturated carbocycles. The maximum absolute atomic E-state index is 4.68. The first-order valence-electron chi connectivity index (χ1n) is 8.64. The van der Waals surface area contributed by atoms with Crippen molar-refractivity contribution in [3.63, 3.8) is 0 Å². The highest BCUT2D eigenvalue weighted by atomic mass is 15.2. The average Bonchev–Trinajstić information content (AvgIpc) is 3.12. The van der Waals surface area contributed by atoms with Gasteiger partial charge in [-0.15, -0.1) is 0 Å². The molecule has 3 aromatic rings. The third-order valence-corrected chi connectivity index (χ3v) is 4.34. The second-order valence-corrected chi connectivity index (χ2v) is 6.29. The van der Waals surface area contributed by atoms with Gasteiger partial charge in [0.15, 0.2) is 0 Å². The molecule has 0 spiro atoms. The number of hydrogen-bond acceptors (Lipinski definition) is 8. The lowest BCUT2D eigenvalue weighted by Crippen LogP contribution is -2.25. The fourth-order valence-electron chi connectivity index (χ4n) is 3.25. The molecule has 26 heavy (non-hydrogen) atoms. The predicted molar refractivity (Wildman–Crippen MR) is 98.2 cm³/mol. The van der Waals surface area contributed by atoms with E-state index in [2.05, 4.69) is 40.1 Å². The molecule has 4 heterocycles. The molecule has 1 atom stereocenters. The molecule has 0 amide bonds. The van der Waals surface area contributed by atoms with Crippen LogP contribution in [0.4, 0.5) is 17.6 Å². The number of nitrogens with one attached hydrogen (secondary N) is 1.